The van der Waals surface area contributed by atoms with Gasteiger partial charge in [0.05, 0.1) is 19.8 Å². The smallest absolute Gasteiger partial charge is 0.303 e. The fraction of sp³-hybridized carbons (Fsp3) is 0.417. The highest BCUT2D eigenvalue weighted by Crippen LogP contribution is 2.38. The maximum atomic E-state index is 13.6. The van der Waals surface area contributed by atoms with E-state index in [4.69, 9.17) is 20.3 Å². The van der Waals surface area contributed by atoms with E-state index in [0.717, 1.165) is 0 Å². The molecule has 1 aromatic rings. The van der Waals surface area contributed by atoms with Crippen LogP contribution < -0.4 is 15.2 Å². The molecule has 0 aliphatic carbocycles. The van der Waals surface area contributed by atoms with Crippen molar-refractivity contribution in [3.8, 4) is 11.5 Å². The Morgan fingerprint density at radius 1 is 1.32 bits per heavy atom. The van der Waals surface area contributed by atoms with Crippen molar-refractivity contribution in [2.24, 2.45) is 5.73 Å². The third-order valence-electron chi connectivity index (χ3n) is 2.62. The molecule has 0 amide bonds. The number of hydrogen-bond acceptors (Lipinski definition) is 4. The zero-order valence-corrected chi connectivity index (χ0v) is 10.6. The number of carboxylic acids is 1. The van der Waals surface area contributed by atoms with Gasteiger partial charge in [-0.1, -0.05) is 0 Å². The molecule has 3 N–H and O–H groups in total. The predicted octanol–water partition coefficient (Wildman–Crippen LogP) is 1.85. The molecule has 19 heavy (non-hydrogen) atoms. The molecular weight excluding hydrogens is 260 g/mol. The summed E-state index contributed by atoms with van der Waals surface area (Å²) >= 11 is 0. The van der Waals surface area contributed by atoms with Gasteiger partial charge in [-0.2, -0.15) is 0 Å². The van der Waals surface area contributed by atoms with Gasteiger partial charge in [-0.05, 0) is 6.42 Å². The summed E-state index contributed by atoms with van der Waals surface area (Å²) < 4.78 is 36.9. The average Bonchev–Trinajstić information content (AvgIpc) is 2.35. The quantitative estimate of drug-likeness (QED) is 0.828. The molecule has 7 heteroatoms. The van der Waals surface area contributed by atoms with E-state index < -0.39 is 23.6 Å². The molecule has 0 aliphatic heterocycles. The van der Waals surface area contributed by atoms with E-state index in [1.165, 1.54) is 14.2 Å². The van der Waals surface area contributed by atoms with Crippen molar-refractivity contribution in [3.05, 3.63) is 23.3 Å². The van der Waals surface area contributed by atoms with Crippen LogP contribution in [0.15, 0.2) is 6.07 Å². The van der Waals surface area contributed by atoms with Gasteiger partial charge < -0.3 is 20.3 Å². The van der Waals surface area contributed by atoms with Crippen molar-refractivity contribution in [2.75, 3.05) is 14.2 Å². The van der Waals surface area contributed by atoms with Crippen LogP contribution >= 0.6 is 0 Å². The fourth-order valence-electron chi connectivity index (χ4n) is 1.78. The summed E-state index contributed by atoms with van der Waals surface area (Å²) in [5.74, 6) is -3.36. The molecule has 0 aliphatic rings. The van der Waals surface area contributed by atoms with Crippen molar-refractivity contribution < 1.29 is 28.2 Å². The zero-order valence-electron chi connectivity index (χ0n) is 10.6. The summed E-state index contributed by atoms with van der Waals surface area (Å²) in [5.41, 5.74) is 5.77. The van der Waals surface area contributed by atoms with E-state index in [1.54, 1.807) is 0 Å². The number of carboxylic acid groups (broad SMARTS) is 1. The standard InChI is InChI=1S/C12H15F2NO4/c1-18-11-6(13)5-7(14)12(19-2)10(11)8(15)3-4-9(16)17/h5,8H,3-4,15H2,1-2H3,(H,16,17). The van der Waals surface area contributed by atoms with Crippen LogP contribution in [0.1, 0.15) is 24.4 Å². The normalized spacial score (nSPS) is 12.1. The van der Waals surface area contributed by atoms with Crippen LogP contribution in [-0.4, -0.2) is 25.3 Å². The number of nitrogens with two attached hydrogens (primary N) is 1. The molecule has 0 saturated carbocycles. The van der Waals surface area contributed by atoms with Gasteiger partial charge in [0, 0.05) is 18.5 Å². The van der Waals surface area contributed by atoms with Gasteiger partial charge in [0.15, 0.2) is 23.1 Å². The second-order valence-corrected chi connectivity index (χ2v) is 3.86. The van der Waals surface area contributed by atoms with Crippen LogP contribution in [0.4, 0.5) is 8.78 Å². The molecule has 0 saturated heterocycles. The minimum absolute atomic E-state index is 0.00491. The van der Waals surface area contributed by atoms with Crippen molar-refractivity contribution in [3.63, 3.8) is 0 Å². The molecule has 0 radical (unpaired) electrons. The summed E-state index contributed by atoms with van der Waals surface area (Å²) in [7, 11) is 2.42. The lowest BCUT2D eigenvalue weighted by Gasteiger charge is -2.19. The van der Waals surface area contributed by atoms with Gasteiger partial charge in [-0.25, -0.2) is 8.78 Å². The number of halogens is 2. The molecule has 1 unspecified atom stereocenters. The van der Waals surface area contributed by atoms with E-state index in [2.05, 4.69) is 0 Å². The number of benzene rings is 1. The predicted molar refractivity (Wildman–Crippen MR) is 63.3 cm³/mol. The van der Waals surface area contributed by atoms with Crippen LogP contribution in [0.5, 0.6) is 11.5 Å². The zero-order chi connectivity index (χ0) is 14.6. The molecule has 0 aromatic heterocycles. The highest BCUT2D eigenvalue weighted by molar-refractivity contribution is 5.66. The van der Waals surface area contributed by atoms with Crippen LogP contribution in [-0.2, 0) is 4.79 Å². The van der Waals surface area contributed by atoms with E-state index in [1.807, 2.05) is 0 Å². The van der Waals surface area contributed by atoms with Gasteiger partial charge in [-0.15, -0.1) is 0 Å². The van der Waals surface area contributed by atoms with Gasteiger partial charge >= 0.3 is 5.97 Å². The number of hydrogen-bond donors (Lipinski definition) is 2. The summed E-state index contributed by atoms with van der Waals surface area (Å²) in [5, 5.41) is 8.61. The Labute approximate surface area is 108 Å². The van der Waals surface area contributed by atoms with Gasteiger partial charge in [0.25, 0.3) is 0 Å². The molecule has 106 valence electrons. The minimum Gasteiger partial charge on any atom is -0.493 e. The van der Waals surface area contributed by atoms with Crippen molar-refractivity contribution in [2.45, 2.75) is 18.9 Å². The Bertz CT molecular complexity index is 451. The molecule has 1 atom stereocenters. The SMILES string of the molecule is COc1c(F)cc(F)c(OC)c1C(N)CCC(=O)O. The molecule has 0 heterocycles. The highest BCUT2D eigenvalue weighted by atomic mass is 19.1. The number of carbonyl (C=O) groups is 1. The molecule has 5 nitrogen and oxygen atoms in total. The first-order chi connectivity index (χ1) is 8.92. The lowest BCUT2D eigenvalue weighted by molar-refractivity contribution is -0.137. The maximum absolute atomic E-state index is 13.6. The highest BCUT2D eigenvalue weighted by Gasteiger charge is 2.25. The van der Waals surface area contributed by atoms with E-state index in [-0.39, 0.29) is 29.9 Å². The largest absolute Gasteiger partial charge is 0.493 e. The van der Waals surface area contributed by atoms with Gasteiger partial charge in [0.2, 0.25) is 0 Å². The molecule has 1 aromatic carbocycles. The number of methoxy groups -OCH3 is 2. The van der Waals surface area contributed by atoms with Crippen molar-refractivity contribution >= 4 is 5.97 Å². The first-order valence-corrected chi connectivity index (χ1v) is 5.49. The summed E-state index contributed by atoms with van der Waals surface area (Å²) in [6.07, 6.45) is -0.226. The van der Waals surface area contributed by atoms with E-state index >= 15 is 0 Å². The van der Waals surface area contributed by atoms with Crippen LogP contribution in [0, 0.1) is 11.6 Å². The molecule has 0 spiro atoms. The van der Waals surface area contributed by atoms with Crippen LogP contribution in [0.25, 0.3) is 0 Å². The maximum Gasteiger partial charge on any atom is 0.303 e. The fourth-order valence-corrected chi connectivity index (χ4v) is 1.78. The number of aliphatic carboxylic acids is 1. The molecule has 0 bridgehead atoms. The van der Waals surface area contributed by atoms with E-state index in [9.17, 15) is 13.6 Å². The minimum atomic E-state index is -1.05. The lowest BCUT2D eigenvalue weighted by Crippen LogP contribution is -2.16. The summed E-state index contributed by atoms with van der Waals surface area (Å²) in [4.78, 5) is 10.5. The van der Waals surface area contributed by atoms with Crippen molar-refractivity contribution in [1.29, 1.82) is 0 Å². The Morgan fingerprint density at radius 3 is 2.16 bits per heavy atom. The molecule has 0 fully saturated rings. The van der Waals surface area contributed by atoms with Crippen LogP contribution in [0.2, 0.25) is 0 Å². The summed E-state index contributed by atoms with van der Waals surface area (Å²) in [6, 6.07) is -0.281. The first-order valence-electron chi connectivity index (χ1n) is 5.49. The Hall–Kier alpha value is -1.89. The van der Waals surface area contributed by atoms with Crippen molar-refractivity contribution in [1.82, 2.24) is 0 Å². The topological polar surface area (TPSA) is 81.8 Å². The third kappa shape index (κ3) is 3.31. The van der Waals surface area contributed by atoms with Crippen LogP contribution in [0.3, 0.4) is 0 Å². The summed E-state index contributed by atoms with van der Waals surface area (Å²) in [6.45, 7) is 0. The first kappa shape index (κ1) is 15.2. The second kappa shape index (κ2) is 6.33. The Balaban J connectivity index is 3.25. The Kier molecular flexibility index (Phi) is 5.05. The number of ether oxygens (including phenoxy) is 2. The second-order valence-electron chi connectivity index (χ2n) is 3.86. The molecular formula is C12H15F2NO4. The average molecular weight is 275 g/mol. The van der Waals surface area contributed by atoms with E-state index in [0.29, 0.717) is 6.07 Å². The van der Waals surface area contributed by atoms with Gasteiger partial charge in [-0.3, -0.25) is 4.79 Å². The number of rotatable bonds is 6. The monoisotopic (exact) mass is 275 g/mol. The Morgan fingerprint density at radius 2 is 1.79 bits per heavy atom. The lowest BCUT2D eigenvalue weighted by atomic mass is 10.00. The molecule has 1 rings (SSSR count). The van der Waals surface area contributed by atoms with Gasteiger partial charge in [0.1, 0.15) is 0 Å². The third-order valence-corrected chi connectivity index (χ3v) is 2.62.